The Kier molecular flexibility index (Phi) is 4.52. The van der Waals surface area contributed by atoms with Crippen molar-refractivity contribution in [2.75, 3.05) is 13.1 Å². The average Bonchev–Trinajstić information content (AvgIpc) is 3.19. The van der Waals surface area contributed by atoms with Crippen molar-refractivity contribution in [2.24, 2.45) is 0 Å². The smallest absolute Gasteiger partial charge is 0.222 e. The molecule has 122 valence electrons. The zero-order valence-electron chi connectivity index (χ0n) is 14.0. The predicted molar refractivity (Wildman–Crippen MR) is 84.4 cm³/mol. The number of aryl methyl sites for hydroxylation is 2. The second-order valence-corrected chi connectivity index (χ2v) is 6.58. The summed E-state index contributed by atoms with van der Waals surface area (Å²) in [5.41, 5.74) is 0.981. The number of likely N-dealkylation sites (tertiary alicyclic amines) is 2. The number of amides is 1. The number of carbonyl (C=O) groups is 1. The van der Waals surface area contributed by atoms with Crippen molar-refractivity contribution in [1.82, 2.24) is 14.8 Å². The van der Waals surface area contributed by atoms with E-state index >= 15 is 0 Å². The van der Waals surface area contributed by atoms with Gasteiger partial charge in [0.15, 0.2) is 0 Å². The molecule has 1 amide bonds. The van der Waals surface area contributed by atoms with Crippen molar-refractivity contribution in [3.8, 4) is 0 Å². The first-order chi connectivity index (χ1) is 10.6. The van der Waals surface area contributed by atoms with Gasteiger partial charge in [-0.25, -0.2) is 4.98 Å². The summed E-state index contributed by atoms with van der Waals surface area (Å²) in [6, 6.07) is 0.845. The van der Waals surface area contributed by atoms with E-state index in [0.717, 1.165) is 49.8 Å². The molecule has 5 heteroatoms. The zero-order chi connectivity index (χ0) is 15.7. The highest BCUT2D eigenvalue weighted by Gasteiger charge is 2.39. The molecule has 2 aliphatic rings. The van der Waals surface area contributed by atoms with Crippen LogP contribution in [0.2, 0.25) is 0 Å². The number of carbonyl (C=O) groups excluding carboxylic acids is 1. The summed E-state index contributed by atoms with van der Waals surface area (Å²) < 4.78 is 5.75. The first-order valence-corrected chi connectivity index (χ1v) is 8.56. The molecular formula is C17H27N3O2. The van der Waals surface area contributed by atoms with Gasteiger partial charge in [0.2, 0.25) is 11.8 Å². The highest BCUT2D eigenvalue weighted by atomic mass is 16.4. The van der Waals surface area contributed by atoms with Crippen LogP contribution in [-0.2, 0) is 11.3 Å². The van der Waals surface area contributed by atoms with Gasteiger partial charge in [-0.05, 0) is 46.1 Å². The molecule has 2 saturated heterocycles. The lowest BCUT2D eigenvalue weighted by atomic mass is 10.0. The fourth-order valence-electron chi connectivity index (χ4n) is 3.97. The summed E-state index contributed by atoms with van der Waals surface area (Å²) in [5.74, 6) is 2.03. The highest BCUT2D eigenvalue weighted by Crippen LogP contribution is 2.31. The standard InChI is InChI=1S/C17H27N3O2/c1-4-17(21)20-10-6-8-15(20)14-7-5-9-19(14)11-16-18-12(2)13(3)22-16/h14-15H,4-11H2,1-3H3/t14-,15-/m1/s1. The number of hydrogen-bond acceptors (Lipinski definition) is 4. The number of rotatable bonds is 4. The molecule has 3 rings (SSSR count). The molecule has 0 bridgehead atoms. The van der Waals surface area contributed by atoms with Gasteiger partial charge in [0, 0.05) is 25.0 Å². The van der Waals surface area contributed by atoms with Gasteiger partial charge in [-0.3, -0.25) is 9.69 Å². The molecule has 5 nitrogen and oxygen atoms in total. The van der Waals surface area contributed by atoms with E-state index in [-0.39, 0.29) is 0 Å². The number of hydrogen-bond donors (Lipinski definition) is 0. The molecule has 1 aromatic heterocycles. The predicted octanol–water partition coefficient (Wildman–Crippen LogP) is 2.66. The fraction of sp³-hybridized carbons (Fsp3) is 0.765. The van der Waals surface area contributed by atoms with Crippen molar-refractivity contribution < 1.29 is 9.21 Å². The second kappa shape index (κ2) is 6.41. The monoisotopic (exact) mass is 305 g/mol. The van der Waals surface area contributed by atoms with Crippen molar-refractivity contribution in [2.45, 2.75) is 71.5 Å². The minimum atomic E-state index is 0.303. The Morgan fingerprint density at radius 1 is 1.23 bits per heavy atom. The van der Waals surface area contributed by atoms with Gasteiger partial charge in [0.1, 0.15) is 5.76 Å². The maximum absolute atomic E-state index is 12.2. The Labute approximate surface area is 132 Å². The third-order valence-corrected chi connectivity index (χ3v) is 5.19. The molecule has 2 atom stereocenters. The van der Waals surface area contributed by atoms with Crippen LogP contribution in [0.25, 0.3) is 0 Å². The quantitative estimate of drug-likeness (QED) is 0.858. The van der Waals surface area contributed by atoms with Crippen LogP contribution in [-0.4, -0.2) is 45.9 Å². The van der Waals surface area contributed by atoms with Crippen LogP contribution in [0, 0.1) is 13.8 Å². The molecular weight excluding hydrogens is 278 g/mol. The van der Waals surface area contributed by atoms with Crippen molar-refractivity contribution >= 4 is 5.91 Å². The molecule has 3 heterocycles. The maximum atomic E-state index is 12.2. The molecule has 0 radical (unpaired) electrons. The molecule has 0 aromatic carbocycles. The minimum absolute atomic E-state index is 0.303. The van der Waals surface area contributed by atoms with Gasteiger partial charge in [-0.1, -0.05) is 6.92 Å². The van der Waals surface area contributed by atoms with E-state index in [1.54, 1.807) is 0 Å². The largest absolute Gasteiger partial charge is 0.444 e. The number of nitrogens with zero attached hydrogens (tertiary/aromatic N) is 3. The van der Waals surface area contributed by atoms with Gasteiger partial charge in [0.05, 0.1) is 12.2 Å². The van der Waals surface area contributed by atoms with Gasteiger partial charge in [-0.2, -0.15) is 0 Å². The molecule has 22 heavy (non-hydrogen) atoms. The number of aromatic nitrogens is 1. The normalized spacial score (nSPS) is 26.0. The topological polar surface area (TPSA) is 49.6 Å². The molecule has 0 unspecified atom stereocenters. The SMILES string of the molecule is CCC(=O)N1CCC[C@@H]1[C@H]1CCCN1Cc1nc(C)c(C)o1. The van der Waals surface area contributed by atoms with Gasteiger partial charge in [-0.15, -0.1) is 0 Å². The van der Waals surface area contributed by atoms with Crippen LogP contribution in [0.5, 0.6) is 0 Å². The third kappa shape index (κ3) is 2.91. The van der Waals surface area contributed by atoms with Crippen LogP contribution in [0.1, 0.15) is 56.4 Å². The van der Waals surface area contributed by atoms with E-state index in [9.17, 15) is 4.79 Å². The maximum Gasteiger partial charge on any atom is 0.222 e. The lowest BCUT2D eigenvalue weighted by Crippen LogP contribution is -2.47. The van der Waals surface area contributed by atoms with Crippen LogP contribution < -0.4 is 0 Å². The lowest BCUT2D eigenvalue weighted by Gasteiger charge is -2.34. The van der Waals surface area contributed by atoms with E-state index in [1.807, 2.05) is 20.8 Å². The Bertz CT molecular complexity index is 521. The van der Waals surface area contributed by atoms with Gasteiger partial charge in [0.25, 0.3) is 0 Å². The summed E-state index contributed by atoms with van der Waals surface area (Å²) in [4.78, 5) is 21.3. The van der Waals surface area contributed by atoms with Crippen molar-refractivity contribution in [3.63, 3.8) is 0 Å². The zero-order valence-corrected chi connectivity index (χ0v) is 14.0. The molecule has 2 fully saturated rings. The molecule has 0 saturated carbocycles. The third-order valence-electron chi connectivity index (χ3n) is 5.19. The Balaban J connectivity index is 1.71. The van der Waals surface area contributed by atoms with Crippen LogP contribution in [0.4, 0.5) is 0 Å². The van der Waals surface area contributed by atoms with Crippen molar-refractivity contribution in [1.29, 1.82) is 0 Å². The molecule has 0 aliphatic carbocycles. The van der Waals surface area contributed by atoms with Gasteiger partial charge < -0.3 is 9.32 Å². The van der Waals surface area contributed by atoms with E-state index in [4.69, 9.17) is 4.42 Å². The van der Waals surface area contributed by atoms with Gasteiger partial charge >= 0.3 is 0 Å². The van der Waals surface area contributed by atoms with Crippen LogP contribution in [0.15, 0.2) is 4.42 Å². The van der Waals surface area contributed by atoms with E-state index in [1.165, 1.54) is 12.8 Å². The Hall–Kier alpha value is -1.36. The summed E-state index contributed by atoms with van der Waals surface area (Å²) >= 11 is 0. The minimum Gasteiger partial charge on any atom is -0.444 e. The van der Waals surface area contributed by atoms with Crippen molar-refractivity contribution in [3.05, 3.63) is 17.3 Å². The lowest BCUT2D eigenvalue weighted by molar-refractivity contribution is -0.132. The summed E-state index contributed by atoms with van der Waals surface area (Å²) in [7, 11) is 0. The highest BCUT2D eigenvalue weighted by molar-refractivity contribution is 5.76. The molecule has 2 aliphatic heterocycles. The first kappa shape index (κ1) is 15.5. The summed E-state index contributed by atoms with van der Waals surface area (Å²) in [5, 5.41) is 0. The van der Waals surface area contributed by atoms with E-state index < -0.39 is 0 Å². The second-order valence-electron chi connectivity index (χ2n) is 6.58. The van der Waals surface area contributed by atoms with Crippen LogP contribution >= 0.6 is 0 Å². The Morgan fingerprint density at radius 3 is 2.64 bits per heavy atom. The van der Waals surface area contributed by atoms with E-state index in [2.05, 4.69) is 14.8 Å². The fourth-order valence-corrected chi connectivity index (χ4v) is 3.97. The first-order valence-electron chi connectivity index (χ1n) is 8.56. The van der Waals surface area contributed by atoms with Crippen LogP contribution in [0.3, 0.4) is 0 Å². The average molecular weight is 305 g/mol. The molecule has 0 spiro atoms. The number of oxazole rings is 1. The summed E-state index contributed by atoms with van der Waals surface area (Å²) in [6.45, 7) is 8.69. The molecule has 1 aromatic rings. The Morgan fingerprint density at radius 2 is 1.95 bits per heavy atom. The molecule has 0 N–H and O–H groups in total. The van der Waals surface area contributed by atoms with E-state index in [0.29, 0.717) is 24.4 Å². The summed E-state index contributed by atoms with van der Waals surface area (Å²) in [6.07, 6.45) is 5.26.